The molecule has 0 aliphatic heterocycles. The van der Waals surface area contributed by atoms with Gasteiger partial charge in [0.15, 0.2) is 11.6 Å². The standard InChI is InChI=1S/C13H13F2NO/c1-8-6-7-17-13(8)12(16-2)9-4-3-5-10(14)11(9)15/h3-7,12,16H,1-2H3. The van der Waals surface area contributed by atoms with Gasteiger partial charge in [-0.05, 0) is 31.7 Å². The van der Waals surface area contributed by atoms with Crippen LogP contribution in [0.25, 0.3) is 0 Å². The molecule has 1 heterocycles. The molecule has 0 spiro atoms. The molecule has 1 aromatic heterocycles. The second kappa shape index (κ2) is 4.67. The smallest absolute Gasteiger partial charge is 0.164 e. The second-order valence-electron chi connectivity index (χ2n) is 3.83. The van der Waals surface area contributed by atoms with Crippen molar-refractivity contribution in [3.05, 3.63) is 59.1 Å². The summed E-state index contributed by atoms with van der Waals surface area (Å²) in [7, 11) is 1.68. The summed E-state index contributed by atoms with van der Waals surface area (Å²) in [6.45, 7) is 1.86. The number of hydrogen-bond acceptors (Lipinski definition) is 2. The van der Waals surface area contributed by atoms with E-state index in [2.05, 4.69) is 5.32 Å². The number of furan rings is 1. The average Bonchev–Trinajstić information content (AvgIpc) is 2.72. The molecule has 0 saturated carbocycles. The molecule has 90 valence electrons. The monoisotopic (exact) mass is 237 g/mol. The Morgan fingerprint density at radius 3 is 2.59 bits per heavy atom. The predicted molar refractivity (Wildman–Crippen MR) is 60.7 cm³/mol. The van der Waals surface area contributed by atoms with Gasteiger partial charge in [-0.3, -0.25) is 0 Å². The summed E-state index contributed by atoms with van der Waals surface area (Å²) >= 11 is 0. The van der Waals surface area contributed by atoms with Crippen molar-refractivity contribution in [2.75, 3.05) is 7.05 Å². The third-order valence-electron chi connectivity index (χ3n) is 2.75. The lowest BCUT2D eigenvalue weighted by atomic mass is 10.0. The van der Waals surface area contributed by atoms with E-state index in [4.69, 9.17) is 4.42 Å². The van der Waals surface area contributed by atoms with Gasteiger partial charge in [-0.1, -0.05) is 12.1 Å². The molecular weight excluding hydrogens is 224 g/mol. The largest absolute Gasteiger partial charge is 0.467 e. The summed E-state index contributed by atoms with van der Waals surface area (Å²) < 4.78 is 32.2. The number of halogens is 2. The summed E-state index contributed by atoms with van der Waals surface area (Å²) in [6, 6.07) is 5.43. The topological polar surface area (TPSA) is 25.2 Å². The molecule has 0 amide bonds. The van der Waals surface area contributed by atoms with Crippen LogP contribution in [0, 0.1) is 18.6 Å². The Kier molecular flexibility index (Phi) is 3.24. The zero-order chi connectivity index (χ0) is 12.4. The van der Waals surface area contributed by atoms with Gasteiger partial charge in [0.1, 0.15) is 5.76 Å². The van der Waals surface area contributed by atoms with Gasteiger partial charge in [0.25, 0.3) is 0 Å². The molecule has 17 heavy (non-hydrogen) atoms. The normalized spacial score (nSPS) is 12.7. The first-order valence-corrected chi connectivity index (χ1v) is 5.30. The molecule has 1 unspecified atom stereocenters. The Morgan fingerprint density at radius 1 is 1.24 bits per heavy atom. The van der Waals surface area contributed by atoms with E-state index < -0.39 is 17.7 Å². The van der Waals surface area contributed by atoms with E-state index >= 15 is 0 Å². The highest BCUT2D eigenvalue weighted by Crippen LogP contribution is 2.28. The molecule has 2 rings (SSSR count). The maximum atomic E-state index is 13.7. The molecule has 1 N–H and O–H groups in total. The van der Waals surface area contributed by atoms with Crippen molar-refractivity contribution in [2.45, 2.75) is 13.0 Å². The van der Waals surface area contributed by atoms with E-state index in [1.807, 2.05) is 6.92 Å². The molecule has 1 aromatic carbocycles. The first-order chi connectivity index (χ1) is 8.15. The summed E-state index contributed by atoms with van der Waals surface area (Å²) in [4.78, 5) is 0. The van der Waals surface area contributed by atoms with Gasteiger partial charge >= 0.3 is 0 Å². The van der Waals surface area contributed by atoms with Gasteiger partial charge in [0.2, 0.25) is 0 Å². The predicted octanol–water partition coefficient (Wildman–Crippen LogP) is 3.18. The van der Waals surface area contributed by atoms with E-state index in [0.29, 0.717) is 5.76 Å². The van der Waals surface area contributed by atoms with E-state index in [9.17, 15) is 8.78 Å². The zero-order valence-corrected chi connectivity index (χ0v) is 9.63. The van der Waals surface area contributed by atoms with Crippen molar-refractivity contribution in [1.29, 1.82) is 0 Å². The van der Waals surface area contributed by atoms with Gasteiger partial charge in [0, 0.05) is 5.56 Å². The molecule has 1 atom stereocenters. The van der Waals surface area contributed by atoms with Crippen LogP contribution in [0.4, 0.5) is 8.78 Å². The number of nitrogens with one attached hydrogen (secondary N) is 1. The first kappa shape index (κ1) is 11.8. The summed E-state index contributed by atoms with van der Waals surface area (Å²) in [5, 5.41) is 2.93. The highest BCUT2D eigenvalue weighted by molar-refractivity contribution is 5.32. The van der Waals surface area contributed by atoms with Crippen molar-refractivity contribution in [3.8, 4) is 0 Å². The minimum absolute atomic E-state index is 0.241. The molecule has 0 radical (unpaired) electrons. The van der Waals surface area contributed by atoms with Crippen LogP contribution >= 0.6 is 0 Å². The van der Waals surface area contributed by atoms with Gasteiger partial charge < -0.3 is 9.73 Å². The average molecular weight is 237 g/mol. The fourth-order valence-corrected chi connectivity index (χ4v) is 1.85. The number of aryl methyl sites for hydroxylation is 1. The maximum Gasteiger partial charge on any atom is 0.164 e. The quantitative estimate of drug-likeness (QED) is 0.887. The van der Waals surface area contributed by atoms with Crippen molar-refractivity contribution in [3.63, 3.8) is 0 Å². The minimum atomic E-state index is -0.855. The van der Waals surface area contributed by atoms with Crippen LogP contribution in [0.1, 0.15) is 22.9 Å². The Morgan fingerprint density at radius 2 is 2.00 bits per heavy atom. The molecular formula is C13H13F2NO. The van der Waals surface area contributed by atoms with E-state index in [-0.39, 0.29) is 5.56 Å². The molecule has 4 heteroatoms. The summed E-state index contributed by atoms with van der Waals surface area (Å²) in [6.07, 6.45) is 1.53. The van der Waals surface area contributed by atoms with E-state index in [0.717, 1.165) is 11.6 Å². The number of benzene rings is 1. The molecule has 2 nitrogen and oxygen atoms in total. The highest BCUT2D eigenvalue weighted by Gasteiger charge is 2.22. The molecule has 2 aromatic rings. The number of hydrogen-bond donors (Lipinski definition) is 1. The Labute approximate surface area is 98.3 Å². The van der Waals surface area contributed by atoms with Crippen LogP contribution in [0.5, 0.6) is 0 Å². The van der Waals surface area contributed by atoms with Gasteiger partial charge in [-0.2, -0.15) is 0 Å². The molecule has 0 fully saturated rings. The van der Waals surface area contributed by atoms with Crippen LogP contribution in [-0.2, 0) is 0 Å². The Bertz CT molecular complexity index is 522. The SMILES string of the molecule is CNC(c1cccc(F)c1F)c1occc1C. The molecule has 0 aliphatic carbocycles. The molecule has 0 aliphatic rings. The van der Waals surface area contributed by atoms with Crippen LogP contribution in [0.3, 0.4) is 0 Å². The van der Waals surface area contributed by atoms with Crippen LogP contribution in [0.15, 0.2) is 34.9 Å². The third-order valence-corrected chi connectivity index (χ3v) is 2.75. The summed E-state index contributed by atoms with van der Waals surface area (Å²) in [5.74, 6) is -1.10. The first-order valence-electron chi connectivity index (χ1n) is 5.30. The lowest BCUT2D eigenvalue weighted by molar-refractivity contribution is 0.437. The lowest BCUT2D eigenvalue weighted by Gasteiger charge is -2.16. The van der Waals surface area contributed by atoms with Gasteiger partial charge in [0.05, 0.1) is 12.3 Å². The van der Waals surface area contributed by atoms with Crippen LogP contribution in [-0.4, -0.2) is 7.05 Å². The zero-order valence-electron chi connectivity index (χ0n) is 9.63. The fourth-order valence-electron chi connectivity index (χ4n) is 1.85. The summed E-state index contributed by atoms with van der Waals surface area (Å²) in [5.41, 5.74) is 1.14. The van der Waals surface area contributed by atoms with Gasteiger partial charge in [-0.15, -0.1) is 0 Å². The lowest BCUT2D eigenvalue weighted by Crippen LogP contribution is -2.19. The van der Waals surface area contributed by atoms with Crippen LogP contribution < -0.4 is 5.32 Å². The van der Waals surface area contributed by atoms with Crippen molar-refractivity contribution < 1.29 is 13.2 Å². The van der Waals surface area contributed by atoms with Gasteiger partial charge in [-0.25, -0.2) is 8.78 Å². The maximum absolute atomic E-state index is 13.7. The van der Waals surface area contributed by atoms with Crippen molar-refractivity contribution in [2.24, 2.45) is 0 Å². The molecule has 0 saturated heterocycles. The van der Waals surface area contributed by atoms with E-state index in [1.54, 1.807) is 19.2 Å². The van der Waals surface area contributed by atoms with Crippen molar-refractivity contribution in [1.82, 2.24) is 5.32 Å². The third kappa shape index (κ3) is 2.08. The minimum Gasteiger partial charge on any atom is -0.467 e. The molecule has 0 bridgehead atoms. The van der Waals surface area contributed by atoms with Crippen LogP contribution in [0.2, 0.25) is 0 Å². The van der Waals surface area contributed by atoms with Crippen molar-refractivity contribution >= 4 is 0 Å². The Hall–Kier alpha value is -1.68. The highest BCUT2D eigenvalue weighted by atomic mass is 19.2. The fraction of sp³-hybridized carbons (Fsp3) is 0.231. The Balaban J connectivity index is 2.50. The number of rotatable bonds is 3. The second-order valence-corrected chi connectivity index (χ2v) is 3.83. The van der Waals surface area contributed by atoms with E-state index in [1.165, 1.54) is 12.3 Å².